The molecule has 1 unspecified atom stereocenters. The van der Waals surface area contributed by atoms with Crippen molar-refractivity contribution in [3.8, 4) is 11.7 Å². The van der Waals surface area contributed by atoms with Crippen molar-refractivity contribution in [2.24, 2.45) is 0 Å². The Balaban J connectivity index is 1.51. The molecule has 0 radical (unpaired) electrons. The van der Waals surface area contributed by atoms with E-state index in [1.165, 1.54) is 0 Å². The largest absolute Gasteiger partial charge is 0.497 e. The van der Waals surface area contributed by atoms with Crippen LogP contribution in [0.25, 0.3) is 5.95 Å². The quantitative estimate of drug-likeness (QED) is 0.457. The summed E-state index contributed by atoms with van der Waals surface area (Å²) in [4.78, 5) is 43.0. The summed E-state index contributed by atoms with van der Waals surface area (Å²) in [6.07, 6.45) is 6.19. The second-order valence-electron chi connectivity index (χ2n) is 9.00. The van der Waals surface area contributed by atoms with Gasteiger partial charge in [-0.15, -0.1) is 0 Å². The maximum absolute atomic E-state index is 13.1. The van der Waals surface area contributed by atoms with Gasteiger partial charge in [0.15, 0.2) is 0 Å². The first kappa shape index (κ1) is 25.9. The minimum atomic E-state index is -0.253. The lowest BCUT2D eigenvalue weighted by Crippen LogP contribution is -2.58. The number of nitrogens with one attached hydrogen (secondary N) is 2. The van der Waals surface area contributed by atoms with Crippen LogP contribution >= 0.6 is 0 Å². The number of piperazine rings is 1. The standard InChI is InChI=1S/C26H34N8O3/c1-4-8-28-26(36)32-11-12-34(23-13-19(2)30-25(31-23)33-10-9-27-18-33)21(17-32)15-24(35)29-16-20-6-5-7-22(14-20)37-3/h5-7,9-10,13-14,18,21H,4,8,11-12,15-17H2,1-3H3,(H,28,36)(H,29,35). The molecule has 0 aliphatic carbocycles. The van der Waals surface area contributed by atoms with Crippen LogP contribution in [0.1, 0.15) is 31.0 Å². The fourth-order valence-corrected chi connectivity index (χ4v) is 4.31. The van der Waals surface area contributed by atoms with Gasteiger partial charge in [0.2, 0.25) is 11.9 Å². The zero-order chi connectivity index (χ0) is 26.2. The first-order chi connectivity index (χ1) is 18.0. The molecule has 11 heteroatoms. The normalized spacial score (nSPS) is 15.4. The van der Waals surface area contributed by atoms with Crippen molar-refractivity contribution in [1.29, 1.82) is 0 Å². The van der Waals surface area contributed by atoms with Crippen LogP contribution in [0, 0.1) is 6.92 Å². The number of nitrogens with zero attached hydrogens (tertiary/aromatic N) is 6. The molecule has 3 amide bonds. The van der Waals surface area contributed by atoms with Gasteiger partial charge in [-0.05, 0) is 31.0 Å². The second kappa shape index (κ2) is 12.2. The van der Waals surface area contributed by atoms with Crippen LogP contribution in [0.5, 0.6) is 5.75 Å². The Morgan fingerprint density at radius 1 is 1.16 bits per heavy atom. The summed E-state index contributed by atoms with van der Waals surface area (Å²) in [5.74, 6) is 1.87. The van der Waals surface area contributed by atoms with Crippen molar-refractivity contribution in [3.63, 3.8) is 0 Å². The number of aromatic nitrogens is 4. The first-order valence-corrected chi connectivity index (χ1v) is 12.5. The highest BCUT2D eigenvalue weighted by Gasteiger charge is 2.32. The van der Waals surface area contributed by atoms with Gasteiger partial charge in [-0.3, -0.25) is 9.36 Å². The lowest BCUT2D eigenvalue weighted by atomic mass is 10.1. The molecule has 1 aliphatic rings. The molecule has 1 atom stereocenters. The number of amides is 3. The molecule has 11 nitrogen and oxygen atoms in total. The van der Waals surface area contributed by atoms with Crippen LogP contribution in [-0.4, -0.2) is 75.7 Å². The van der Waals surface area contributed by atoms with E-state index in [1.807, 2.05) is 44.2 Å². The Morgan fingerprint density at radius 2 is 2.03 bits per heavy atom. The zero-order valence-corrected chi connectivity index (χ0v) is 21.6. The highest BCUT2D eigenvalue weighted by molar-refractivity contribution is 5.78. The van der Waals surface area contributed by atoms with E-state index < -0.39 is 0 Å². The van der Waals surface area contributed by atoms with E-state index >= 15 is 0 Å². The molecule has 37 heavy (non-hydrogen) atoms. The minimum absolute atomic E-state index is 0.103. The van der Waals surface area contributed by atoms with Crippen LogP contribution in [0.2, 0.25) is 0 Å². The Kier molecular flexibility index (Phi) is 8.55. The Hall–Kier alpha value is -4.15. The third kappa shape index (κ3) is 6.75. The molecule has 2 aromatic heterocycles. The van der Waals surface area contributed by atoms with E-state index in [0.717, 1.165) is 29.2 Å². The number of carbonyl (C=O) groups is 2. The van der Waals surface area contributed by atoms with Gasteiger partial charge < -0.3 is 25.2 Å². The van der Waals surface area contributed by atoms with Crippen molar-refractivity contribution in [3.05, 3.63) is 60.3 Å². The third-order valence-electron chi connectivity index (χ3n) is 6.20. The molecule has 2 N–H and O–H groups in total. The molecule has 3 heterocycles. The third-order valence-corrected chi connectivity index (χ3v) is 6.20. The van der Waals surface area contributed by atoms with Crippen molar-refractivity contribution < 1.29 is 14.3 Å². The molecular weight excluding hydrogens is 472 g/mol. The van der Waals surface area contributed by atoms with E-state index in [1.54, 1.807) is 35.3 Å². The number of ether oxygens (including phenoxy) is 1. The second-order valence-corrected chi connectivity index (χ2v) is 9.00. The summed E-state index contributed by atoms with van der Waals surface area (Å²) in [6.45, 7) is 6.42. The Morgan fingerprint density at radius 3 is 2.78 bits per heavy atom. The summed E-state index contributed by atoms with van der Waals surface area (Å²) in [7, 11) is 1.62. The summed E-state index contributed by atoms with van der Waals surface area (Å²) in [5, 5.41) is 5.95. The lowest BCUT2D eigenvalue weighted by molar-refractivity contribution is -0.121. The number of methoxy groups -OCH3 is 1. The van der Waals surface area contributed by atoms with Crippen LogP contribution in [0.15, 0.2) is 49.1 Å². The number of anilines is 1. The van der Waals surface area contributed by atoms with Crippen LogP contribution < -0.4 is 20.3 Å². The molecule has 4 rings (SSSR count). The summed E-state index contributed by atoms with van der Waals surface area (Å²) in [6, 6.07) is 9.15. The highest BCUT2D eigenvalue weighted by atomic mass is 16.5. The molecule has 196 valence electrons. The van der Waals surface area contributed by atoms with Crippen molar-refractivity contribution in [2.75, 3.05) is 38.2 Å². The molecular formula is C26H34N8O3. The molecule has 3 aromatic rings. The van der Waals surface area contributed by atoms with E-state index in [4.69, 9.17) is 9.72 Å². The van der Waals surface area contributed by atoms with E-state index in [9.17, 15) is 9.59 Å². The Labute approximate surface area is 216 Å². The monoisotopic (exact) mass is 506 g/mol. The minimum Gasteiger partial charge on any atom is -0.497 e. The van der Waals surface area contributed by atoms with Gasteiger partial charge in [0.05, 0.1) is 13.2 Å². The first-order valence-electron chi connectivity index (χ1n) is 12.5. The molecule has 1 aliphatic heterocycles. The fourth-order valence-electron chi connectivity index (χ4n) is 4.31. The van der Waals surface area contributed by atoms with Crippen LogP contribution in [0.4, 0.5) is 10.6 Å². The summed E-state index contributed by atoms with van der Waals surface area (Å²) in [5.41, 5.74) is 1.75. The van der Waals surface area contributed by atoms with Crippen molar-refractivity contribution in [2.45, 2.75) is 39.3 Å². The lowest BCUT2D eigenvalue weighted by Gasteiger charge is -2.42. The van der Waals surface area contributed by atoms with E-state index in [0.29, 0.717) is 38.7 Å². The smallest absolute Gasteiger partial charge is 0.317 e. The summed E-state index contributed by atoms with van der Waals surface area (Å²) < 4.78 is 7.02. The van der Waals surface area contributed by atoms with Gasteiger partial charge in [0, 0.05) is 63.3 Å². The SMILES string of the molecule is CCCNC(=O)N1CCN(c2cc(C)nc(-n3ccnc3)n2)C(CC(=O)NCc2cccc(OC)c2)C1. The van der Waals surface area contributed by atoms with Gasteiger partial charge >= 0.3 is 6.03 Å². The van der Waals surface area contributed by atoms with E-state index in [-0.39, 0.29) is 24.4 Å². The van der Waals surface area contributed by atoms with Crippen molar-refractivity contribution >= 4 is 17.8 Å². The fraction of sp³-hybridized carbons (Fsp3) is 0.423. The molecule has 1 fully saturated rings. The molecule has 0 bridgehead atoms. The predicted octanol–water partition coefficient (Wildman–Crippen LogP) is 2.30. The molecule has 1 saturated heterocycles. The number of benzene rings is 1. The highest BCUT2D eigenvalue weighted by Crippen LogP contribution is 2.23. The summed E-state index contributed by atoms with van der Waals surface area (Å²) >= 11 is 0. The average molecular weight is 507 g/mol. The molecule has 1 aromatic carbocycles. The number of rotatable bonds is 9. The van der Waals surface area contributed by atoms with Gasteiger partial charge in [-0.1, -0.05) is 19.1 Å². The molecule has 0 spiro atoms. The number of aryl methyl sites for hydroxylation is 1. The maximum Gasteiger partial charge on any atom is 0.317 e. The number of hydrogen-bond donors (Lipinski definition) is 2. The van der Waals surface area contributed by atoms with Gasteiger partial charge in [0.1, 0.15) is 17.9 Å². The zero-order valence-electron chi connectivity index (χ0n) is 21.6. The number of imidazole rings is 1. The molecule has 0 saturated carbocycles. The maximum atomic E-state index is 13.1. The van der Waals surface area contributed by atoms with E-state index in [2.05, 4.69) is 25.5 Å². The Bertz CT molecular complexity index is 1200. The van der Waals surface area contributed by atoms with Crippen molar-refractivity contribution in [1.82, 2.24) is 35.1 Å². The number of urea groups is 1. The van der Waals surface area contributed by atoms with Gasteiger partial charge in [0.25, 0.3) is 0 Å². The number of hydrogen-bond acceptors (Lipinski definition) is 7. The van der Waals surface area contributed by atoms with Gasteiger partial charge in [-0.25, -0.2) is 14.8 Å². The van der Waals surface area contributed by atoms with Crippen LogP contribution in [0.3, 0.4) is 0 Å². The topological polar surface area (TPSA) is 118 Å². The van der Waals surface area contributed by atoms with Crippen LogP contribution in [-0.2, 0) is 11.3 Å². The number of carbonyl (C=O) groups excluding carboxylic acids is 2. The average Bonchev–Trinajstić information content (AvgIpc) is 3.45. The van der Waals surface area contributed by atoms with Gasteiger partial charge in [-0.2, -0.15) is 4.98 Å². The predicted molar refractivity (Wildman–Crippen MR) is 140 cm³/mol.